The van der Waals surface area contributed by atoms with Crippen molar-refractivity contribution in [3.05, 3.63) is 76.9 Å². The quantitative estimate of drug-likeness (QED) is 0.331. The van der Waals surface area contributed by atoms with Crippen LogP contribution in [0, 0.1) is 0 Å². The molecule has 1 N–H and O–H groups in total. The molecule has 11 heteroatoms. The Morgan fingerprint density at radius 2 is 1.75 bits per heavy atom. The molecule has 1 atom stereocenters. The lowest BCUT2D eigenvalue weighted by Crippen LogP contribution is -2.29. The molecule has 1 aliphatic heterocycles. The number of ether oxygens (including phenoxy) is 3. The van der Waals surface area contributed by atoms with E-state index in [2.05, 4.69) is 18.3 Å². The summed E-state index contributed by atoms with van der Waals surface area (Å²) in [5, 5.41) is 16.1. The number of hydrogen-bond donors (Lipinski definition) is 1. The van der Waals surface area contributed by atoms with Crippen LogP contribution in [0.3, 0.4) is 0 Å². The van der Waals surface area contributed by atoms with Crippen LogP contribution in [0.5, 0.6) is 11.5 Å². The average molecular weight is 519 g/mol. The molecule has 0 radical (unpaired) electrons. The predicted molar refractivity (Wildman–Crippen MR) is 135 cm³/mol. The second-order valence-corrected chi connectivity index (χ2v) is 9.49. The Balaban J connectivity index is 1.55. The molecule has 3 heterocycles. The van der Waals surface area contributed by atoms with Gasteiger partial charge in [0.25, 0.3) is 5.79 Å². The summed E-state index contributed by atoms with van der Waals surface area (Å²) in [4.78, 5) is 13.3. The second-order valence-electron chi connectivity index (χ2n) is 8.18. The number of benzene rings is 3. The molecule has 1 aliphatic rings. The zero-order chi connectivity index (χ0) is 24.9. The van der Waals surface area contributed by atoms with E-state index in [0.29, 0.717) is 33.7 Å². The highest BCUT2D eigenvalue weighted by Gasteiger charge is 2.48. The maximum Gasteiger partial charge on any atom is 0.342 e. The number of aliphatic hydroxyl groups is 1. The number of carbonyl (C=O) groups is 1. The molecule has 6 rings (SSSR count). The van der Waals surface area contributed by atoms with Gasteiger partial charge in [0.1, 0.15) is 16.6 Å². The van der Waals surface area contributed by atoms with E-state index in [4.69, 9.17) is 14.2 Å². The summed E-state index contributed by atoms with van der Waals surface area (Å²) in [6, 6.07) is 16.0. The standard InChI is InChI=1S/C25H18N4O5S2/c1-32-20-8-5-15(12-21(20)33-2)25(31)16(9-13-3-6-18-22(10-13)35-29-26-18)23(24(30)34-25)14-4-7-17-19(11-14)28-36-27-17/h3-8,10-12,31H,9H2,1-2H3. The Labute approximate surface area is 213 Å². The summed E-state index contributed by atoms with van der Waals surface area (Å²) in [6.07, 6.45) is 0.243. The lowest BCUT2D eigenvalue weighted by Gasteiger charge is -2.26. The summed E-state index contributed by atoms with van der Waals surface area (Å²) in [6.45, 7) is 0. The number of aromatic nitrogens is 4. The van der Waals surface area contributed by atoms with E-state index in [0.717, 1.165) is 33.0 Å². The van der Waals surface area contributed by atoms with Gasteiger partial charge in [0, 0.05) is 17.6 Å². The van der Waals surface area contributed by atoms with Crippen LogP contribution in [-0.2, 0) is 21.7 Å². The largest absolute Gasteiger partial charge is 0.493 e. The molecule has 0 amide bonds. The van der Waals surface area contributed by atoms with Gasteiger partial charge in [0.15, 0.2) is 11.5 Å². The van der Waals surface area contributed by atoms with Gasteiger partial charge in [-0.25, -0.2) is 4.79 Å². The van der Waals surface area contributed by atoms with Crippen LogP contribution >= 0.6 is 23.3 Å². The Morgan fingerprint density at radius 3 is 2.58 bits per heavy atom. The maximum absolute atomic E-state index is 13.3. The normalized spacial score (nSPS) is 17.7. The maximum atomic E-state index is 13.3. The van der Waals surface area contributed by atoms with Crippen molar-refractivity contribution in [1.29, 1.82) is 0 Å². The van der Waals surface area contributed by atoms with Gasteiger partial charge in [-0.05, 0) is 65.1 Å². The molecule has 36 heavy (non-hydrogen) atoms. The SMILES string of the molecule is COc1ccc(C2(O)OC(=O)C(c3ccc4nsnc4c3)=C2Cc2ccc3nnsc3c2)cc1OC. The zero-order valence-electron chi connectivity index (χ0n) is 19.1. The molecular formula is C25H18N4O5S2. The number of cyclic esters (lactones) is 1. The highest BCUT2D eigenvalue weighted by Crippen LogP contribution is 2.46. The van der Waals surface area contributed by atoms with E-state index in [1.165, 1.54) is 25.8 Å². The van der Waals surface area contributed by atoms with Crippen LogP contribution in [0.25, 0.3) is 26.8 Å². The summed E-state index contributed by atoms with van der Waals surface area (Å²) in [7, 11) is 3.03. The van der Waals surface area contributed by atoms with Crippen LogP contribution in [0.2, 0.25) is 0 Å². The van der Waals surface area contributed by atoms with Crippen molar-refractivity contribution < 1.29 is 24.1 Å². The van der Waals surface area contributed by atoms with Gasteiger partial charge < -0.3 is 19.3 Å². The molecule has 0 spiro atoms. The highest BCUT2D eigenvalue weighted by molar-refractivity contribution is 7.12. The van der Waals surface area contributed by atoms with Gasteiger partial charge in [0.2, 0.25) is 0 Å². The smallest absolute Gasteiger partial charge is 0.342 e. The van der Waals surface area contributed by atoms with Gasteiger partial charge in [-0.2, -0.15) is 8.75 Å². The molecule has 5 aromatic rings. The van der Waals surface area contributed by atoms with Crippen molar-refractivity contribution in [1.82, 2.24) is 18.3 Å². The minimum absolute atomic E-state index is 0.243. The Kier molecular flexibility index (Phi) is 5.40. The van der Waals surface area contributed by atoms with Crippen LogP contribution in [0.1, 0.15) is 16.7 Å². The minimum Gasteiger partial charge on any atom is -0.493 e. The highest BCUT2D eigenvalue weighted by atomic mass is 32.1. The van der Waals surface area contributed by atoms with Gasteiger partial charge in [0.05, 0.1) is 36.2 Å². The Morgan fingerprint density at radius 1 is 0.944 bits per heavy atom. The van der Waals surface area contributed by atoms with Crippen molar-refractivity contribution in [2.45, 2.75) is 12.2 Å². The molecule has 180 valence electrons. The van der Waals surface area contributed by atoms with Gasteiger partial charge in [-0.3, -0.25) is 0 Å². The fourth-order valence-electron chi connectivity index (χ4n) is 4.39. The number of hydrogen-bond acceptors (Lipinski definition) is 11. The third-order valence-corrected chi connectivity index (χ3v) is 7.41. The lowest BCUT2D eigenvalue weighted by atomic mass is 9.88. The van der Waals surface area contributed by atoms with Gasteiger partial charge >= 0.3 is 5.97 Å². The molecule has 0 bridgehead atoms. The number of fused-ring (bicyclic) bond motifs is 2. The Bertz CT molecular complexity index is 1680. The third-order valence-electron chi connectivity index (χ3n) is 6.17. The summed E-state index contributed by atoms with van der Waals surface area (Å²) >= 11 is 2.38. The van der Waals surface area contributed by atoms with E-state index in [1.807, 2.05) is 18.2 Å². The summed E-state index contributed by atoms with van der Waals surface area (Å²) in [5.41, 5.74) is 4.67. The van der Waals surface area contributed by atoms with E-state index in [1.54, 1.807) is 36.4 Å². The van der Waals surface area contributed by atoms with Gasteiger partial charge in [-0.1, -0.05) is 16.6 Å². The Hall–Kier alpha value is -3.93. The zero-order valence-corrected chi connectivity index (χ0v) is 20.7. The predicted octanol–water partition coefficient (Wildman–Crippen LogP) is 4.11. The first-order valence-electron chi connectivity index (χ1n) is 10.9. The first kappa shape index (κ1) is 22.5. The molecule has 0 saturated heterocycles. The van der Waals surface area contributed by atoms with Crippen molar-refractivity contribution in [3.8, 4) is 11.5 Å². The van der Waals surface area contributed by atoms with E-state index in [9.17, 15) is 9.90 Å². The van der Waals surface area contributed by atoms with Crippen LogP contribution in [0.15, 0.2) is 60.2 Å². The monoisotopic (exact) mass is 518 g/mol. The summed E-state index contributed by atoms with van der Waals surface area (Å²) < 4.78 is 29.9. The molecule has 9 nitrogen and oxygen atoms in total. The number of rotatable bonds is 6. The topological polar surface area (TPSA) is 117 Å². The molecule has 0 fully saturated rings. The lowest BCUT2D eigenvalue weighted by molar-refractivity contribution is -0.185. The fourth-order valence-corrected chi connectivity index (χ4v) is 5.53. The van der Waals surface area contributed by atoms with Crippen molar-refractivity contribution in [2.24, 2.45) is 0 Å². The first-order valence-corrected chi connectivity index (χ1v) is 12.4. The molecule has 0 aliphatic carbocycles. The van der Waals surface area contributed by atoms with E-state index in [-0.39, 0.29) is 12.0 Å². The fraction of sp³-hybridized carbons (Fsp3) is 0.160. The van der Waals surface area contributed by atoms with Crippen molar-refractivity contribution in [2.75, 3.05) is 14.2 Å². The number of carbonyl (C=O) groups excluding carboxylic acids is 1. The van der Waals surface area contributed by atoms with Crippen molar-refractivity contribution in [3.63, 3.8) is 0 Å². The minimum atomic E-state index is -2.03. The van der Waals surface area contributed by atoms with Crippen LogP contribution in [0.4, 0.5) is 0 Å². The van der Waals surface area contributed by atoms with E-state index >= 15 is 0 Å². The molecule has 0 saturated carbocycles. The number of methoxy groups -OCH3 is 2. The second kappa shape index (κ2) is 8.63. The molecular weight excluding hydrogens is 500 g/mol. The number of esters is 1. The molecule has 3 aromatic carbocycles. The van der Waals surface area contributed by atoms with Crippen LogP contribution in [-0.4, -0.2) is 43.6 Å². The van der Waals surface area contributed by atoms with Gasteiger partial charge in [-0.15, -0.1) is 5.10 Å². The molecule has 1 unspecified atom stereocenters. The first-order chi connectivity index (χ1) is 17.5. The summed E-state index contributed by atoms with van der Waals surface area (Å²) in [5.74, 6) is -1.77. The molecule has 2 aromatic heterocycles. The van der Waals surface area contributed by atoms with Crippen LogP contribution < -0.4 is 9.47 Å². The van der Waals surface area contributed by atoms with Crippen molar-refractivity contribution >= 4 is 56.1 Å². The van der Waals surface area contributed by atoms with E-state index < -0.39 is 11.8 Å². The third kappa shape index (κ3) is 3.60. The number of nitrogens with zero attached hydrogens (tertiary/aromatic N) is 4. The average Bonchev–Trinajstić information content (AvgIpc) is 3.61.